The van der Waals surface area contributed by atoms with Gasteiger partial charge in [0.05, 0.1) is 0 Å². The Morgan fingerprint density at radius 2 is 1.21 bits per heavy atom. The van der Waals surface area contributed by atoms with Gasteiger partial charge in [-0.2, -0.15) is 6.92 Å². The Morgan fingerprint density at radius 1 is 0.789 bits per heavy atom. The van der Waals surface area contributed by atoms with Gasteiger partial charge in [0.2, 0.25) is 0 Å². The average Bonchev–Trinajstić information content (AvgIpc) is 2.94. The molecule has 190 valence electrons. The molecule has 1 N–H and O–H groups in total. The second kappa shape index (κ2) is 35.8. The number of aliphatic hydroxyl groups is 1. The van der Waals surface area contributed by atoms with E-state index in [1.54, 1.807) is 6.92 Å². The predicted molar refractivity (Wildman–Crippen MR) is 151 cm³/mol. The SMILES string of the molecule is C#CCOCC#C.C#CCOCC#CC(O)C#Cc1ccccc1.O=CC#Cc1ccccc1.[Br-].[CH2-]C.[Mg+2]. The van der Waals surface area contributed by atoms with Crippen LogP contribution in [-0.2, 0) is 14.3 Å². The molecule has 0 saturated heterocycles. The van der Waals surface area contributed by atoms with Gasteiger partial charge in [-0.15, -0.1) is 19.3 Å². The van der Waals surface area contributed by atoms with Gasteiger partial charge >= 0.3 is 23.1 Å². The Hall–Kier alpha value is -3.40. The van der Waals surface area contributed by atoms with Crippen LogP contribution in [0.25, 0.3) is 0 Å². The van der Waals surface area contributed by atoms with Gasteiger partial charge in [-0.05, 0) is 30.2 Å². The monoisotopic (exact) mass is 580 g/mol. The van der Waals surface area contributed by atoms with Crippen molar-refractivity contribution in [2.75, 3.05) is 26.4 Å². The average molecular weight is 582 g/mol. The van der Waals surface area contributed by atoms with Gasteiger partial charge in [-0.3, -0.25) is 4.79 Å². The Labute approximate surface area is 255 Å². The number of aldehydes is 1. The molecule has 0 fully saturated rings. The molecule has 0 amide bonds. The normalized spacial score (nSPS) is 7.89. The topological polar surface area (TPSA) is 55.8 Å². The molecule has 0 aliphatic heterocycles. The summed E-state index contributed by atoms with van der Waals surface area (Å²) in [6, 6.07) is 18.8. The molecule has 0 radical (unpaired) electrons. The van der Waals surface area contributed by atoms with E-state index in [-0.39, 0.29) is 53.2 Å². The number of terminal acetylenes is 3. The zero-order chi connectivity index (χ0) is 27.1. The van der Waals surface area contributed by atoms with Crippen molar-refractivity contribution in [3.8, 4) is 72.6 Å². The number of hydrogen-bond donors (Lipinski definition) is 1. The second-order valence-electron chi connectivity index (χ2n) is 5.71. The third-order valence-corrected chi connectivity index (χ3v) is 3.15. The van der Waals surface area contributed by atoms with E-state index in [0.29, 0.717) is 19.5 Å². The fourth-order valence-corrected chi connectivity index (χ4v) is 1.81. The van der Waals surface area contributed by atoms with Crippen LogP contribution in [0.2, 0.25) is 0 Å². The Balaban J connectivity index is -0.000000236. The van der Waals surface area contributed by atoms with Gasteiger partial charge in [-0.1, -0.05) is 83.8 Å². The van der Waals surface area contributed by atoms with Crippen LogP contribution in [0.3, 0.4) is 0 Å². The third-order valence-electron chi connectivity index (χ3n) is 3.15. The number of halogens is 1. The van der Waals surface area contributed by atoms with Gasteiger partial charge in [-0.25, -0.2) is 0 Å². The van der Waals surface area contributed by atoms with E-state index < -0.39 is 6.10 Å². The molecule has 6 heteroatoms. The van der Waals surface area contributed by atoms with Crippen molar-refractivity contribution in [3.05, 3.63) is 78.7 Å². The maximum absolute atomic E-state index is 9.80. The smallest absolute Gasteiger partial charge is 1.00 e. The minimum atomic E-state index is -0.968. The summed E-state index contributed by atoms with van der Waals surface area (Å²) < 4.78 is 9.59. The number of ether oxygens (including phenoxy) is 2. The Bertz CT molecular complexity index is 1130. The molecular formula is C32H29BrMgO4. The molecule has 4 nitrogen and oxygen atoms in total. The molecule has 1 unspecified atom stereocenters. The predicted octanol–water partition coefficient (Wildman–Crippen LogP) is 0.0222. The van der Waals surface area contributed by atoms with Crippen LogP contribution in [0.5, 0.6) is 0 Å². The van der Waals surface area contributed by atoms with Crippen LogP contribution in [0.4, 0.5) is 0 Å². The van der Waals surface area contributed by atoms with Crippen molar-refractivity contribution >= 4 is 29.3 Å². The van der Waals surface area contributed by atoms with E-state index >= 15 is 0 Å². The summed E-state index contributed by atoms with van der Waals surface area (Å²) in [6.07, 6.45) is 14.3. The summed E-state index contributed by atoms with van der Waals surface area (Å²) in [5.74, 6) is 22.5. The van der Waals surface area contributed by atoms with Crippen LogP contribution in [0.15, 0.2) is 60.7 Å². The first-order valence-electron chi connectivity index (χ1n) is 10.6. The Morgan fingerprint density at radius 3 is 1.63 bits per heavy atom. The third kappa shape index (κ3) is 30.6. The number of aliphatic hydroxyl groups excluding tert-OH is 1. The molecule has 0 spiro atoms. The molecule has 38 heavy (non-hydrogen) atoms. The quantitative estimate of drug-likeness (QED) is 0.182. The van der Waals surface area contributed by atoms with Crippen LogP contribution in [0, 0.1) is 79.5 Å². The van der Waals surface area contributed by atoms with Gasteiger partial charge in [0.1, 0.15) is 26.4 Å². The number of rotatable bonds is 4. The summed E-state index contributed by atoms with van der Waals surface area (Å²) in [5.41, 5.74) is 1.71. The van der Waals surface area contributed by atoms with E-state index in [2.05, 4.69) is 64.9 Å². The van der Waals surface area contributed by atoms with Crippen LogP contribution < -0.4 is 17.0 Å². The van der Waals surface area contributed by atoms with Gasteiger partial charge in [0, 0.05) is 11.1 Å². The minimum absolute atomic E-state index is 0. The zero-order valence-electron chi connectivity index (χ0n) is 21.5. The first-order chi connectivity index (χ1) is 17.7. The van der Waals surface area contributed by atoms with E-state index in [4.69, 9.17) is 24.0 Å². The second-order valence-corrected chi connectivity index (χ2v) is 5.71. The summed E-state index contributed by atoms with van der Waals surface area (Å²) in [5, 5.41) is 9.42. The molecule has 2 aromatic rings. The summed E-state index contributed by atoms with van der Waals surface area (Å²) in [7, 11) is 0. The molecule has 0 bridgehead atoms. The Kier molecular flexibility index (Phi) is 39.3. The van der Waals surface area contributed by atoms with Crippen LogP contribution >= 0.6 is 0 Å². The van der Waals surface area contributed by atoms with Gasteiger partial charge in [0.15, 0.2) is 12.4 Å². The molecule has 2 rings (SSSR count). The minimum Gasteiger partial charge on any atom is -1.00 e. The standard InChI is InChI=1S/C15H12O2.C9H6O.C6H6O.C2H5.BrH.Mg/c1-2-12-17-13-6-9-15(16)11-10-14-7-4-3-5-8-14;10-8-4-7-9-5-2-1-3-6-9;1-3-5-7-6-4-2;1-2;;/h1,3-5,7-8,15-16H,12-13H2;1-3,5-6,8H;1-2H,5-6H2;1H2,2H3;1H;/q;;;-1;;+2/p-1. The maximum atomic E-state index is 9.80. The summed E-state index contributed by atoms with van der Waals surface area (Å²) in [6.45, 7) is 6.04. The molecule has 0 aromatic heterocycles. The number of carbonyl (C=O) groups is 1. The number of benzene rings is 2. The van der Waals surface area contributed by atoms with E-state index in [9.17, 15) is 9.90 Å². The number of carbonyl (C=O) groups excluding carboxylic acids is 1. The first kappa shape index (κ1) is 41.7. The van der Waals surface area contributed by atoms with Crippen molar-refractivity contribution in [2.45, 2.75) is 13.0 Å². The molecule has 0 heterocycles. The van der Waals surface area contributed by atoms with Gasteiger partial charge < -0.3 is 38.5 Å². The van der Waals surface area contributed by atoms with Crippen molar-refractivity contribution in [2.24, 2.45) is 0 Å². The molecule has 0 aliphatic carbocycles. The van der Waals surface area contributed by atoms with E-state index in [1.807, 2.05) is 60.7 Å². The fourth-order valence-electron chi connectivity index (χ4n) is 1.81. The molecule has 2 aromatic carbocycles. The van der Waals surface area contributed by atoms with E-state index in [0.717, 1.165) is 11.1 Å². The summed E-state index contributed by atoms with van der Waals surface area (Å²) >= 11 is 0. The van der Waals surface area contributed by atoms with Crippen molar-refractivity contribution < 1.29 is 36.4 Å². The molecule has 0 aliphatic rings. The molecular weight excluding hydrogens is 553 g/mol. The van der Waals surface area contributed by atoms with E-state index in [1.165, 1.54) is 0 Å². The first-order valence-corrected chi connectivity index (χ1v) is 10.6. The van der Waals surface area contributed by atoms with Crippen LogP contribution in [-0.4, -0.2) is 67.0 Å². The fraction of sp³-hybridized carbons (Fsp3) is 0.188. The molecule has 0 saturated carbocycles. The van der Waals surface area contributed by atoms with Gasteiger partial charge in [0.25, 0.3) is 0 Å². The largest absolute Gasteiger partial charge is 2.00 e. The maximum Gasteiger partial charge on any atom is 2.00 e. The van der Waals surface area contributed by atoms with Crippen LogP contribution in [0.1, 0.15) is 18.1 Å². The summed E-state index contributed by atoms with van der Waals surface area (Å²) in [4.78, 5) is 9.80. The van der Waals surface area contributed by atoms with Crippen molar-refractivity contribution in [1.29, 1.82) is 0 Å². The number of hydrogen-bond acceptors (Lipinski definition) is 4. The molecule has 1 atom stereocenters. The zero-order valence-corrected chi connectivity index (χ0v) is 24.5. The van der Waals surface area contributed by atoms with Crippen molar-refractivity contribution in [1.82, 2.24) is 0 Å². The van der Waals surface area contributed by atoms with Crippen molar-refractivity contribution in [3.63, 3.8) is 0 Å².